The quantitative estimate of drug-likeness (QED) is 0.198. The second-order valence-corrected chi connectivity index (χ2v) is 12.5. The number of benzene rings is 2. The van der Waals surface area contributed by atoms with Crippen LogP contribution in [0, 0.1) is 10.1 Å². The average Bonchev–Trinajstić information content (AvgIpc) is 3.08. The lowest BCUT2D eigenvalue weighted by atomic mass is 9.91. The number of rotatable bonds is 8. The predicted octanol–water partition coefficient (Wildman–Crippen LogP) is 7.41. The molecule has 3 heterocycles. The Morgan fingerprint density at radius 3 is 2.41 bits per heavy atom. The molecule has 0 aromatic heterocycles. The molecule has 0 radical (unpaired) electrons. The van der Waals surface area contributed by atoms with Crippen molar-refractivity contribution in [1.82, 2.24) is 9.80 Å². The van der Waals surface area contributed by atoms with Gasteiger partial charge < -0.3 is 10.2 Å². The Morgan fingerprint density at radius 1 is 1.03 bits per heavy atom. The highest BCUT2D eigenvalue weighted by molar-refractivity contribution is 6.34. The summed E-state index contributed by atoms with van der Waals surface area (Å²) in [5.41, 5.74) is 4.57. The Hall–Kier alpha value is -2.09. The molecule has 1 N–H and O–H groups in total. The molecule has 2 bridgehead atoms. The number of hydrogen-bond acceptors (Lipinski definition) is 5. The van der Waals surface area contributed by atoms with E-state index in [0.717, 1.165) is 23.2 Å². The molecule has 0 amide bonds. The minimum absolute atomic E-state index is 0.295. The second kappa shape index (κ2) is 11.4. The molecule has 3 unspecified atom stereocenters. The molecule has 39 heavy (non-hydrogen) atoms. The standard InChI is InChI=1S/C30H33Cl3N4O2/c31-26-6-2-1-5-23(26)24-13-19(17-36-20-9-10-21(36)16-22(15-20)35-11-4-12-35)14-29(25(24)18-37(38)39)34-30-27(32)7-3-8-28(30)33/h1-3,5-7,13-14,20-22,28,34H,4,8-12,15-18H2. The third-order valence-electron chi connectivity index (χ3n) is 8.84. The van der Waals surface area contributed by atoms with Crippen LogP contribution < -0.4 is 5.32 Å². The highest BCUT2D eigenvalue weighted by atomic mass is 35.5. The summed E-state index contributed by atoms with van der Waals surface area (Å²) in [5.74, 6) is 0. The molecular formula is C30H33Cl3N4O2. The summed E-state index contributed by atoms with van der Waals surface area (Å²) in [7, 11) is 0. The fraction of sp³-hybridized carbons (Fsp3) is 0.467. The number of anilines is 1. The molecule has 0 saturated carbocycles. The number of hydrogen-bond donors (Lipinski definition) is 1. The Bertz CT molecular complexity index is 1310. The lowest BCUT2D eigenvalue weighted by molar-refractivity contribution is -0.496. The van der Waals surface area contributed by atoms with E-state index in [1.807, 2.05) is 36.4 Å². The molecule has 6 nitrogen and oxygen atoms in total. The fourth-order valence-corrected chi connectivity index (χ4v) is 7.64. The van der Waals surface area contributed by atoms with E-state index in [1.54, 1.807) is 0 Å². The SMILES string of the molecule is O=[N+]([O-])Cc1c(NC2=C(Cl)C=CCC2Cl)cc(CN2C3CCC2CC(N2CCC2)C3)cc1-c1ccccc1Cl. The maximum absolute atomic E-state index is 11.9. The van der Waals surface area contributed by atoms with Crippen molar-refractivity contribution in [2.45, 2.75) is 75.1 Å². The van der Waals surface area contributed by atoms with Crippen LogP contribution >= 0.6 is 34.8 Å². The number of allylic oxidation sites excluding steroid dienone is 4. The number of fused-ring (bicyclic) bond motifs is 2. The van der Waals surface area contributed by atoms with E-state index < -0.39 is 0 Å². The maximum Gasteiger partial charge on any atom is 0.231 e. The summed E-state index contributed by atoms with van der Waals surface area (Å²) in [5, 5.41) is 16.1. The number of alkyl halides is 1. The van der Waals surface area contributed by atoms with Gasteiger partial charge in [-0.2, -0.15) is 0 Å². The molecule has 4 aliphatic rings. The third-order valence-corrected chi connectivity index (χ3v) is 9.90. The summed E-state index contributed by atoms with van der Waals surface area (Å²) >= 11 is 19.8. The van der Waals surface area contributed by atoms with E-state index in [2.05, 4.69) is 27.2 Å². The number of likely N-dealkylation sites (tertiary alicyclic amines) is 1. The smallest absolute Gasteiger partial charge is 0.231 e. The molecule has 3 atom stereocenters. The van der Waals surface area contributed by atoms with Gasteiger partial charge in [-0.05, 0) is 87.0 Å². The van der Waals surface area contributed by atoms with Gasteiger partial charge in [-0.1, -0.05) is 47.5 Å². The normalized spacial score (nSPS) is 27.1. The maximum atomic E-state index is 11.9. The second-order valence-electron chi connectivity index (χ2n) is 11.2. The molecule has 3 aliphatic heterocycles. The summed E-state index contributed by atoms with van der Waals surface area (Å²) in [6, 6.07) is 13.5. The molecular weight excluding hydrogens is 555 g/mol. The molecule has 0 spiro atoms. The van der Waals surface area contributed by atoms with Gasteiger partial charge in [0.15, 0.2) is 0 Å². The number of halogens is 3. The number of nitrogens with zero attached hydrogens (tertiary/aromatic N) is 3. The molecule has 6 rings (SSSR count). The van der Waals surface area contributed by atoms with Crippen LogP contribution in [-0.2, 0) is 13.1 Å². The first kappa shape index (κ1) is 27.1. The Morgan fingerprint density at radius 2 is 1.77 bits per heavy atom. The Balaban J connectivity index is 1.39. The first-order chi connectivity index (χ1) is 18.9. The van der Waals surface area contributed by atoms with E-state index in [9.17, 15) is 10.1 Å². The lowest BCUT2D eigenvalue weighted by Crippen LogP contribution is -2.53. The summed E-state index contributed by atoms with van der Waals surface area (Å²) in [4.78, 5) is 16.9. The lowest BCUT2D eigenvalue weighted by Gasteiger charge is -2.46. The van der Waals surface area contributed by atoms with Crippen LogP contribution in [0.4, 0.5) is 5.69 Å². The highest BCUT2D eigenvalue weighted by Crippen LogP contribution is 2.42. The van der Waals surface area contributed by atoms with E-state index >= 15 is 0 Å². The van der Waals surface area contributed by atoms with Crippen LogP contribution in [0.15, 0.2) is 59.3 Å². The van der Waals surface area contributed by atoms with Gasteiger partial charge in [0, 0.05) is 45.9 Å². The van der Waals surface area contributed by atoms with E-state index in [4.69, 9.17) is 34.8 Å². The van der Waals surface area contributed by atoms with Crippen LogP contribution in [0.5, 0.6) is 0 Å². The van der Waals surface area contributed by atoms with Gasteiger partial charge in [-0.25, -0.2) is 0 Å². The van der Waals surface area contributed by atoms with Crippen molar-refractivity contribution in [2.75, 3.05) is 18.4 Å². The average molecular weight is 588 g/mol. The topological polar surface area (TPSA) is 61.7 Å². The van der Waals surface area contributed by atoms with Gasteiger partial charge in [-0.3, -0.25) is 15.0 Å². The molecule has 2 aromatic rings. The van der Waals surface area contributed by atoms with E-state index in [0.29, 0.717) is 51.5 Å². The molecule has 3 saturated heterocycles. The molecule has 206 valence electrons. The van der Waals surface area contributed by atoms with E-state index in [1.165, 1.54) is 45.2 Å². The van der Waals surface area contributed by atoms with Crippen LogP contribution in [0.3, 0.4) is 0 Å². The Kier molecular flexibility index (Phi) is 7.93. The number of nitro groups is 1. The highest BCUT2D eigenvalue weighted by Gasteiger charge is 2.43. The van der Waals surface area contributed by atoms with Crippen molar-refractivity contribution in [3.63, 3.8) is 0 Å². The summed E-state index contributed by atoms with van der Waals surface area (Å²) in [6.07, 6.45) is 10.6. The monoisotopic (exact) mass is 586 g/mol. The van der Waals surface area contributed by atoms with Crippen molar-refractivity contribution >= 4 is 40.5 Å². The zero-order chi connectivity index (χ0) is 27.1. The predicted molar refractivity (Wildman–Crippen MR) is 159 cm³/mol. The van der Waals surface area contributed by atoms with Crippen LogP contribution in [0.2, 0.25) is 5.02 Å². The fourth-order valence-electron chi connectivity index (χ4n) is 6.80. The summed E-state index contributed by atoms with van der Waals surface area (Å²) < 4.78 is 0. The van der Waals surface area contributed by atoms with Crippen molar-refractivity contribution in [2.24, 2.45) is 0 Å². The zero-order valence-electron chi connectivity index (χ0n) is 21.8. The van der Waals surface area contributed by atoms with Crippen molar-refractivity contribution in [3.8, 4) is 11.1 Å². The van der Waals surface area contributed by atoms with E-state index in [-0.39, 0.29) is 16.8 Å². The summed E-state index contributed by atoms with van der Waals surface area (Å²) in [6.45, 7) is 2.94. The molecule has 2 aromatic carbocycles. The van der Waals surface area contributed by atoms with Gasteiger partial charge in [0.25, 0.3) is 0 Å². The largest absolute Gasteiger partial charge is 0.356 e. The van der Waals surface area contributed by atoms with Gasteiger partial charge in [0.2, 0.25) is 6.54 Å². The van der Waals surface area contributed by atoms with Crippen molar-refractivity contribution < 1.29 is 4.92 Å². The van der Waals surface area contributed by atoms with Crippen LogP contribution in [0.25, 0.3) is 11.1 Å². The van der Waals surface area contributed by atoms with Crippen molar-refractivity contribution in [3.05, 3.63) is 85.5 Å². The van der Waals surface area contributed by atoms with Gasteiger partial charge in [-0.15, -0.1) is 11.6 Å². The zero-order valence-corrected chi connectivity index (χ0v) is 24.1. The minimum Gasteiger partial charge on any atom is -0.356 e. The van der Waals surface area contributed by atoms with Crippen LogP contribution in [-0.4, -0.2) is 51.3 Å². The van der Waals surface area contributed by atoms with Gasteiger partial charge in [0.05, 0.1) is 21.7 Å². The van der Waals surface area contributed by atoms with Gasteiger partial charge >= 0.3 is 0 Å². The molecule has 3 fully saturated rings. The van der Waals surface area contributed by atoms with Crippen molar-refractivity contribution in [1.29, 1.82) is 0 Å². The third kappa shape index (κ3) is 5.59. The number of nitrogens with one attached hydrogen (secondary N) is 1. The van der Waals surface area contributed by atoms with Crippen LogP contribution in [0.1, 0.15) is 49.7 Å². The molecule has 9 heteroatoms. The minimum atomic E-state index is -0.344. The first-order valence-corrected chi connectivity index (χ1v) is 15.1. The Labute approximate surface area is 244 Å². The van der Waals surface area contributed by atoms with Gasteiger partial charge in [0.1, 0.15) is 0 Å². The molecule has 1 aliphatic carbocycles. The number of piperidine rings is 1. The first-order valence-electron chi connectivity index (χ1n) is 13.9.